The fraction of sp³-hybridized carbons (Fsp3) is 0.591. The average Bonchev–Trinajstić information content (AvgIpc) is 2.98. The molecule has 2 saturated heterocycles. The Balaban J connectivity index is 0.000000514. The molecule has 2 N–H and O–H groups in total. The van der Waals surface area contributed by atoms with Gasteiger partial charge in [-0.2, -0.15) is 0 Å². The molecule has 0 radical (unpaired) electrons. The van der Waals surface area contributed by atoms with Crippen LogP contribution in [-0.4, -0.2) is 74.3 Å². The monoisotopic (exact) mass is 388 g/mol. The Labute approximate surface area is 169 Å². The van der Waals surface area contributed by atoms with Crippen LogP contribution in [0, 0.1) is 5.41 Å². The first kappa shape index (κ1) is 22.4. The highest BCUT2D eigenvalue weighted by Crippen LogP contribution is 2.37. The van der Waals surface area contributed by atoms with E-state index in [0.717, 1.165) is 39.3 Å². The number of nitrogens with zero attached hydrogens (tertiary/aromatic N) is 3. The summed E-state index contributed by atoms with van der Waals surface area (Å²) in [5.41, 5.74) is 7.54. The number of carbonyl (C=O) groups is 1. The van der Waals surface area contributed by atoms with Crippen LogP contribution in [0.15, 0.2) is 30.5 Å². The maximum atomic E-state index is 8.58. The van der Waals surface area contributed by atoms with E-state index in [4.69, 9.17) is 9.53 Å². The predicted octanol–water partition coefficient (Wildman–Crippen LogP) is 2.21. The molecule has 6 heteroatoms. The van der Waals surface area contributed by atoms with Crippen molar-refractivity contribution in [1.29, 1.82) is 0 Å². The number of carbonyl (C=O) groups excluding carboxylic acids is 1. The standard InChI is InChI=1S/C19H27N3O.C2H6.CH3NO/c1-20(2)8-7-16-11-22(18-6-4-3-5-17(16)18)10-9-21-12-19(13-21)14-23-15-19;1-2;2-1-3/h3-6,11H,7-10,12-15H2,1-2H3;1-2H3;1H,(H2,2,3). The Hall–Kier alpha value is -1.89. The number of ether oxygens (including phenoxy) is 1. The number of hydrogen-bond acceptors (Lipinski definition) is 4. The molecule has 28 heavy (non-hydrogen) atoms. The molecule has 2 aromatic rings. The minimum absolute atomic E-state index is 0.250. The topological polar surface area (TPSA) is 63.7 Å². The van der Waals surface area contributed by atoms with Gasteiger partial charge in [0.15, 0.2) is 0 Å². The lowest BCUT2D eigenvalue weighted by Crippen LogP contribution is -2.66. The van der Waals surface area contributed by atoms with Gasteiger partial charge in [0.05, 0.1) is 13.2 Å². The first-order chi connectivity index (χ1) is 13.6. The highest BCUT2D eigenvalue weighted by atomic mass is 16.5. The van der Waals surface area contributed by atoms with Crippen LogP contribution < -0.4 is 5.73 Å². The summed E-state index contributed by atoms with van der Waals surface area (Å²) in [6.45, 7) is 11.7. The summed E-state index contributed by atoms with van der Waals surface area (Å²) >= 11 is 0. The summed E-state index contributed by atoms with van der Waals surface area (Å²) in [6.07, 6.45) is 3.74. The maximum Gasteiger partial charge on any atom is 0.204 e. The molecule has 1 spiro atoms. The van der Waals surface area contributed by atoms with Crippen molar-refractivity contribution >= 4 is 17.3 Å². The minimum Gasteiger partial charge on any atom is -0.380 e. The molecule has 2 aliphatic rings. The SMILES string of the molecule is CC.CN(C)CCc1cn(CCN2CC3(COC3)C2)c2ccccc12.NC=O. The van der Waals surface area contributed by atoms with Crippen LogP contribution in [0.2, 0.25) is 0 Å². The van der Waals surface area contributed by atoms with Crippen molar-refractivity contribution < 1.29 is 9.53 Å². The Morgan fingerprint density at radius 2 is 1.82 bits per heavy atom. The third-order valence-corrected chi connectivity index (χ3v) is 5.29. The van der Waals surface area contributed by atoms with Crippen molar-refractivity contribution in [1.82, 2.24) is 14.4 Å². The molecule has 4 rings (SSSR count). The minimum atomic E-state index is 0.250. The maximum absolute atomic E-state index is 8.58. The van der Waals surface area contributed by atoms with Crippen molar-refractivity contribution in [3.63, 3.8) is 0 Å². The van der Waals surface area contributed by atoms with E-state index in [0.29, 0.717) is 5.41 Å². The Bertz CT molecular complexity index is 729. The van der Waals surface area contributed by atoms with Crippen LogP contribution in [-0.2, 0) is 22.5 Å². The number of fused-ring (bicyclic) bond motifs is 1. The summed E-state index contributed by atoms with van der Waals surface area (Å²) in [5, 5.41) is 1.42. The van der Waals surface area contributed by atoms with E-state index in [2.05, 4.69) is 64.7 Å². The van der Waals surface area contributed by atoms with E-state index in [1.807, 2.05) is 13.8 Å². The van der Waals surface area contributed by atoms with E-state index in [9.17, 15) is 0 Å². The quantitative estimate of drug-likeness (QED) is 0.771. The number of amides is 1. The first-order valence-electron chi connectivity index (χ1n) is 10.2. The van der Waals surface area contributed by atoms with Crippen molar-refractivity contribution in [3.05, 3.63) is 36.0 Å². The average molecular weight is 389 g/mol. The Morgan fingerprint density at radius 3 is 2.39 bits per heavy atom. The molecule has 1 aromatic heterocycles. The highest BCUT2D eigenvalue weighted by molar-refractivity contribution is 5.84. The van der Waals surface area contributed by atoms with E-state index >= 15 is 0 Å². The smallest absolute Gasteiger partial charge is 0.204 e. The summed E-state index contributed by atoms with van der Waals surface area (Å²) < 4.78 is 7.81. The van der Waals surface area contributed by atoms with Crippen LogP contribution in [0.3, 0.4) is 0 Å². The molecule has 1 aromatic carbocycles. The fourth-order valence-electron chi connectivity index (χ4n) is 3.93. The second kappa shape index (κ2) is 10.6. The number of rotatable bonds is 6. The van der Waals surface area contributed by atoms with Crippen molar-refractivity contribution in [2.75, 3.05) is 53.5 Å². The number of likely N-dealkylation sites (N-methyl/N-ethyl adjacent to an activating group) is 1. The molecule has 1 amide bonds. The highest BCUT2D eigenvalue weighted by Gasteiger charge is 2.48. The van der Waals surface area contributed by atoms with Gasteiger partial charge in [-0.1, -0.05) is 32.0 Å². The van der Waals surface area contributed by atoms with E-state index < -0.39 is 0 Å². The second-order valence-corrected chi connectivity index (χ2v) is 7.76. The van der Waals surface area contributed by atoms with Crippen molar-refractivity contribution in [3.8, 4) is 0 Å². The zero-order valence-electron chi connectivity index (χ0n) is 17.9. The third-order valence-electron chi connectivity index (χ3n) is 5.29. The number of likely N-dealkylation sites (tertiary alicyclic amines) is 1. The summed E-state index contributed by atoms with van der Waals surface area (Å²) in [7, 11) is 4.28. The van der Waals surface area contributed by atoms with Crippen LogP contribution in [0.4, 0.5) is 0 Å². The molecular weight excluding hydrogens is 352 g/mol. The van der Waals surface area contributed by atoms with Gasteiger partial charge in [-0.3, -0.25) is 4.79 Å². The zero-order valence-corrected chi connectivity index (χ0v) is 17.9. The lowest BCUT2D eigenvalue weighted by molar-refractivity contribution is -0.189. The first-order valence-corrected chi connectivity index (χ1v) is 10.2. The van der Waals surface area contributed by atoms with Crippen molar-refractivity contribution in [2.24, 2.45) is 11.1 Å². The van der Waals surface area contributed by atoms with Crippen LogP contribution >= 0.6 is 0 Å². The fourth-order valence-corrected chi connectivity index (χ4v) is 3.93. The van der Waals surface area contributed by atoms with Gasteiger partial charge in [0.25, 0.3) is 0 Å². The molecule has 3 heterocycles. The molecule has 0 bridgehead atoms. The summed E-state index contributed by atoms with van der Waals surface area (Å²) in [4.78, 5) is 13.4. The molecule has 6 nitrogen and oxygen atoms in total. The van der Waals surface area contributed by atoms with E-state index in [-0.39, 0.29) is 6.41 Å². The number of primary amides is 1. The number of benzene rings is 1. The van der Waals surface area contributed by atoms with Gasteiger partial charge in [0, 0.05) is 55.2 Å². The zero-order chi connectivity index (χ0) is 20.6. The van der Waals surface area contributed by atoms with Crippen LogP contribution in [0.5, 0.6) is 0 Å². The van der Waals surface area contributed by atoms with Gasteiger partial charge < -0.3 is 24.8 Å². The molecule has 0 atom stereocenters. The molecule has 2 aliphatic heterocycles. The van der Waals surface area contributed by atoms with Crippen LogP contribution in [0.25, 0.3) is 10.9 Å². The Morgan fingerprint density at radius 1 is 1.18 bits per heavy atom. The van der Waals surface area contributed by atoms with Gasteiger partial charge in [-0.25, -0.2) is 0 Å². The third kappa shape index (κ3) is 5.34. The van der Waals surface area contributed by atoms with E-state index in [1.54, 1.807) is 0 Å². The lowest BCUT2D eigenvalue weighted by Gasteiger charge is -2.55. The van der Waals surface area contributed by atoms with E-state index in [1.165, 1.54) is 29.6 Å². The predicted molar refractivity (Wildman–Crippen MR) is 115 cm³/mol. The second-order valence-electron chi connectivity index (χ2n) is 7.76. The molecule has 156 valence electrons. The van der Waals surface area contributed by atoms with Gasteiger partial charge in [-0.15, -0.1) is 0 Å². The number of nitrogens with two attached hydrogens (primary N) is 1. The van der Waals surface area contributed by atoms with Gasteiger partial charge in [0.2, 0.25) is 6.41 Å². The number of aromatic nitrogens is 1. The molecule has 0 aliphatic carbocycles. The number of hydrogen-bond donors (Lipinski definition) is 1. The van der Waals surface area contributed by atoms with Gasteiger partial charge in [0.1, 0.15) is 0 Å². The van der Waals surface area contributed by atoms with Gasteiger partial charge >= 0.3 is 0 Å². The molecule has 0 saturated carbocycles. The largest absolute Gasteiger partial charge is 0.380 e. The Kier molecular flexibility index (Phi) is 8.48. The van der Waals surface area contributed by atoms with Crippen molar-refractivity contribution in [2.45, 2.75) is 26.8 Å². The van der Waals surface area contributed by atoms with Gasteiger partial charge in [-0.05, 0) is 32.1 Å². The van der Waals surface area contributed by atoms with Crippen LogP contribution in [0.1, 0.15) is 19.4 Å². The normalized spacial score (nSPS) is 17.2. The summed E-state index contributed by atoms with van der Waals surface area (Å²) in [5.74, 6) is 0. The molecule has 2 fully saturated rings. The molecular formula is C22H36N4O2. The lowest BCUT2D eigenvalue weighted by atomic mass is 9.78. The number of para-hydroxylation sites is 1. The molecule has 0 unspecified atom stereocenters. The summed E-state index contributed by atoms with van der Waals surface area (Å²) in [6, 6.07) is 8.83.